The van der Waals surface area contributed by atoms with Crippen molar-refractivity contribution < 1.29 is 14.2 Å². The number of fused-ring (bicyclic) bond motifs is 1. The molecule has 0 fully saturated rings. The molecule has 1 aromatic rings. The first-order chi connectivity index (χ1) is 9.46. The van der Waals surface area contributed by atoms with Crippen molar-refractivity contribution in [3.05, 3.63) is 10.8 Å². The van der Waals surface area contributed by atoms with E-state index in [1.807, 2.05) is 10.8 Å². The highest BCUT2D eigenvalue weighted by Gasteiger charge is 2.24. The zero-order chi connectivity index (χ0) is 14.6. The molecule has 1 aliphatic heterocycles. The van der Waals surface area contributed by atoms with E-state index in [1.54, 1.807) is 11.3 Å². The molecule has 1 atom stereocenters. The molecule has 1 aromatic heterocycles. The number of hydrogen-bond acceptors (Lipinski definition) is 5. The number of thiophene rings is 1. The van der Waals surface area contributed by atoms with Crippen molar-refractivity contribution in [3.8, 4) is 11.5 Å². The molecule has 1 aliphatic rings. The quantitative estimate of drug-likeness (QED) is 0.840. The third-order valence-corrected chi connectivity index (χ3v) is 4.00. The Labute approximate surface area is 125 Å². The highest BCUT2D eigenvalue weighted by molar-refractivity contribution is 7.08. The zero-order valence-corrected chi connectivity index (χ0v) is 13.6. The fourth-order valence-corrected chi connectivity index (χ4v) is 2.66. The van der Waals surface area contributed by atoms with Crippen molar-refractivity contribution >= 4 is 11.3 Å². The molecule has 0 spiro atoms. The average molecular weight is 299 g/mol. The molecule has 114 valence electrons. The summed E-state index contributed by atoms with van der Waals surface area (Å²) in [4.78, 5) is 0. The summed E-state index contributed by atoms with van der Waals surface area (Å²) in [5, 5.41) is 7.51. The Bertz CT molecular complexity index is 417. The Morgan fingerprint density at radius 1 is 1.40 bits per heavy atom. The van der Waals surface area contributed by atoms with Crippen molar-refractivity contribution in [1.82, 2.24) is 5.32 Å². The van der Waals surface area contributed by atoms with Crippen LogP contribution >= 0.6 is 11.3 Å². The van der Waals surface area contributed by atoms with E-state index in [0.717, 1.165) is 31.1 Å². The van der Waals surface area contributed by atoms with Crippen LogP contribution in [0.3, 0.4) is 0 Å². The number of nitrogens with one attached hydrogen (secondary N) is 1. The van der Waals surface area contributed by atoms with Gasteiger partial charge in [-0.1, -0.05) is 0 Å². The van der Waals surface area contributed by atoms with Gasteiger partial charge in [0.2, 0.25) is 0 Å². The largest absolute Gasteiger partial charge is 0.485 e. The van der Waals surface area contributed by atoms with Crippen molar-refractivity contribution in [3.63, 3.8) is 0 Å². The van der Waals surface area contributed by atoms with Gasteiger partial charge in [-0.05, 0) is 34.1 Å². The molecule has 0 radical (unpaired) electrons. The summed E-state index contributed by atoms with van der Waals surface area (Å²) < 4.78 is 17.2. The molecule has 0 saturated heterocycles. The Morgan fingerprint density at radius 2 is 2.15 bits per heavy atom. The summed E-state index contributed by atoms with van der Waals surface area (Å²) in [6.45, 7) is 10.7. The van der Waals surface area contributed by atoms with Gasteiger partial charge in [-0.2, -0.15) is 0 Å². The van der Waals surface area contributed by atoms with Crippen LogP contribution in [-0.2, 0) is 4.74 Å². The van der Waals surface area contributed by atoms with Crippen LogP contribution in [0.1, 0.15) is 34.1 Å². The minimum Gasteiger partial charge on any atom is -0.485 e. The Hall–Kier alpha value is -0.780. The summed E-state index contributed by atoms with van der Waals surface area (Å²) in [5.41, 5.74) is 0.0349. The van der Waals surface area contributed by atoms with E-state index in [-0.39, 0.29) is 17.7 Å². The predicted molar refractivity (Wildman–Crippen MR) is 82.0 cm³/mol. The lowest BCUT2D eigenvalue weighted by Gasteiger charge is -2.31. The maximum absolute atomic E-state index is 5.90. The molecule has 1 unspecified atom stereocenters. The molecule has 0 aliphatic carbocycles. The van der Waals surface area contributed by atoms with Gasteiger partial charge in [0.25, 0.3) is 0 Å². The standard InChI is InChI=1S/C15H25NO3S/c1-11(2)17-6-5-15(3,4)16-7-12-8-18-13-9-20-10-14(13)19-12/h9-12,16H,5-8H2,1-4H3. The monoisotopic (exact) mass is 299 g/mol. The molecule has 0 aromatic carbocycles. The van der Waals surface area contributed by atoms with E-state index in [4.69, 9.17) is 14.2 Å². The van der Waals surface area contributed by atoms with Crippen LogP contribution in [0.5, 0.6) is 11.5 Å². The Kier molecular flexibility index (Phi) is 5.29. The Morgan fingerprint density at radius 3 is 2.90 bits per heavy atom. The first kappa shape index (κ1) is 15.6. The summed E-state index contributed by atoms with van der Waals surface area (Å²) in [6.07, 6.45) is 1.34. The maximum atomic E-state index is 5.90. The molecule has 0 saturated carbocycles. The SMILES string of the molecule is CC(C)OCCC(C)(C)NCC1COc2cscc2O1. The minimum atomic E-state index is 0.0349. The minimum absolute atomic E-state index is 0.0349. The second-order valence-corrected chi connectivity index (χ2v) is 6.83. The van der Waals surface area contributed by atoms with Gasteiger partial charge in [-0.15, -0.1) is 11.3 Å². The van der Waals surface area contributed by atoms with Gasteiger partial charge in [-0.3, -0.25) is 0 Å². The van der Waals surface area contributed by atoms with Crippen molar-refractivity contribution in [2.75, 3.05) is 19.8 Å². The number of rotatable bonds is 7. The summed E-state index contributed by atoms with van der Waals surface area (Å²) in [6, 6.07) is 0. The number of ether oxygens (including phenoxy) is 3. The predicted octanol–water partition coefficient (Wildman–Crippen LogP) is 3.07. The van der Waals surface area contributed by atoms with Crippen LogP contribution in [0, 0.1) is 0 Å². The molecule has 2 heterocycles. The topological polar surface area (TPSA) is 39.7 Å². The average Bonchev–Trinajstić information content (AvgIpc) is 2.83. The lowest BCUT2D eigenvalue weighted by atomic mass is 10.0. The van der Waals surface area contributed by atoms with Crippen LogP contribution in [0.2, 0.25) is 0 Å². The molecule has 0 amide bonds. The summed E-state index contributed by atoms with van der Waals surface area (Å²) in [7, 11) is 0. The van der Waals surface area contributed by atoms with Crippen molar-refractivity contribution in [2.45, 2.75) is 51.9 Å². The summed E-state index contributed by atoms with van der Waals surface area (Å²) in [5.74, 6) is 1.74. The van der Waals surface area contributed by atoms with Gasteiger partial charge in [0.15, 0.2) is 11.5 Å². The van der Waals surface area contributed by atoms with Crippen LogP contribution in [0.15, 0.2) is 10.8 Å². The molecule has 0 bridgehead atoms. The second kappa shape index (κ2) is 6.78. The van der Waals surface area contributed by atoms with Crippen molar-refractivity contribution in [1.29, 1.82) is 0 Å². The lowest BCUT2D eigenvalue weighted by Crippen LogP contribution is -2.47. The highest BCUT2D eigenvalue weighted by atomic mass is 32.1. The number of hydrogen-bond donors (Lipinski definition) is 1. The third kappa shape index (κ3) is 4.65. The van der Waals surface area contributed by atoms with E-state index in [2.05, 4.69) is 33.0 Å². The molecule has 5 heteroatoms. The van der Waals surface area contributed by atoms with Gasteiger partial charge < -0.3 is 19.5 Å². The molecule has 1 N–H and O–H groups in total. The summed E-state index contributed by atoms with van der Waals surface area (Å²) >= 11 is 1.61. The third-order valence-electron chi connectivity index (χ3n) is 3.30. The molecule has 20 heavy (non-hydrogen) atoms. The first-order valence-corrected chi connectivity index (χ1v) is 8.13. The molecular weight excluding hydrogens is 274 g/mol. The molecular formula is C15H25NO3S. The zero-order valence-electron chi connectivity index (χ0n) is 12.8. The first-order valence-electron chi connectivity index (χ1n) is 7.18. The van der Waals surface area contributed by atoms with Crippen LogP contribution < -0.4 is 14.8 Å². The fraction of sp³-hybridized carbons (Fsp3) is 0.733. The van der Waals surface area contributed by atoms with Crippen LogP contribution in [0.4, 0.5) is 0 Å². The van der Waals surface area contributed by atoms with Gasteiger partial charge in [0.05, 0.1) is 6.10 Å². The molecule has 4 nitrogen and oxygen atoms in total. The second-order valence-electron chi connectivity index (χ2n) is 6.09. The van der Waals surface area contributed by atoms with E-state index in [9.17, 15) is 0 Å². The Balaban J connectivity index is 1.72. The lowest BCUT2D eigenvalue weighted by molar-refractivity contribution is 0.0568. The molecule has 2 rings (SSSR count). The van der Waals surface area contributed by atoms with E-state index in [0.29, 0.717) is 6.61 Å². The van der Waals surface area contributed by atoms with Gasteiger partial charge in [-0.25, -0.2) is 0 Å². The van der Waals surface area contributed by atoms with Gasteiger partial charge >= 0.3 is 0 Å². The van der Waals surface area contributed by atoms with Crippen molar-refractivity contribution in [2.24, 2.45) is 0 Å². The fourth-order valence-electron chi connectivity index (χ4n) is 1.99. The highest BCUT2D eigenvalue weighted by Crippen LogP contribution is 2.35. The van der Waals surface area contributed by atoms with E-state index < -0.39 is 0 Å². The van der Waals surface area contributed by atoms with Crippen LogP contribution in [0.25, 0.3) is 0 Å². The maximum Gasteiger partial charge on any atom is 0.172 e. The van der Waals surface area contributed by atoms with Gasteiger partial charge in [0.1, 0.15) is 12.7 Å². The van der Waals surface area contributed by atoms with Gasteiger partial charge in [0, 0.05) is 29.5 Å². The smallest absolute Gasteiger partial charge is 0.172 e. The van der Waals surface area contributed by atoms with E-state index >= 15 is 0 Å². The van der Waals surface area contributed by atoms with E-state index in [1.165, 1.54) is 0 Å². The normalized spacial score (nSPS) is 18.6. The van der Waals surface area contributed by atoms with Crippen LogP contribution in [-0.4, -0.2) is 37.5 Å².